The fourth-order valence-electron chi connectivity index (χ4n) is 5.60. The molecule has 2 bridgehead atoms. The van der Waals surface area contributed by atoms with Gasteiger partial charge in [0, 0.05) is 5.69 Å². The van der Waals surface area contributed by atoms with E-state index in [1.807, 2.05) is 32.0 Å². The minimum Gasteiger partial charge on any atom is -0.324 e. The van der Waals surface area contributed by atoms with E-state index < -0.39 is 6.04 Å². The van der Waals surface area contributed by atoms with Gasteiger partial charge in [-0.3, -0.25) is 19.3 Å². The minimum absolute atomic E-state index is 0.154. The lowest BCUT2D eigenvalue weighted by Crippen LogP contribution is -2.46. The van der Waals surface area contributed by atoms with Gasteiger partial charge in [-0.25, -0.2) is 0 Å². The van der Waals surface area contributed by atoms with Crippen LogP contribution < -0.4 is 5.32 Å². The van der Waals surface area contributed by atoms with Crippen LogP contribution in [0.3, 0.4) is 0 Å². The van der Waals surface area contributed by atoms with Crippen LogP contribution in [0.1, 0.15) is 24.5 Å². The molecule has 5 aliphatic rings. The molecule has 1 aromatic carbocycles. The number of aryl methyl sites for hydroxylation is 1. The second kappa shape index (κ2) is 5.54. The van der Waals surface area contributed by atoms with Crippen LogP contribution in [0, 0.1) is 49.4 Å². The number of nitrogens with one attached hydrogen (secondary N) is 1. The SMILES string of the molecule is Cc1cccc(NC(=O)[C@H](C)N2C(=O)[C@@H]3[C@H]4C=C[C@@H]([C@@H]5C[C@@H]45)[C@H]3C2=O)c1C. The van der Waals surface area contributed by atoms with Crippen molar-refractivity contribution >= 4 is 23.4 Å². The predicted octanol–water partition coefficient (Wildman–Crippen LogP) is 2.68. The summed E-state index contributed by atoms with van der Waals surface area (Å²) in [6.45, 7) is 5.59. The first kappa shape index (κ1) is 16.7. The molecule has 0 unspecified atom stereocenters. The van der Waals surface area contributed by atoms with E-state index >= 15 is 0 Å². The third-order valence-corrected chi connectivity index (χ3v) is 7.33. The first-order chi connectivity index (χ1) is 12.9. The second-order valence-corrected chi connectivity index (χ2v) is 8.61. The number of imide groups is 1. The van der Waals surface area contributed by atoms with Gasteiger partial charge < -0.3 is 5.32 Å². The molecule has 5 nitrogen and oxygen atoms in total. The lowest BCUT2D eigenvalue weighted by Gasteiger charge is -2.37. The maximum absolute atomic E-state index is 13.1. The van der Waals surface area contributed by atoms with Crippen LogP contribution in [0.2, 0.25) is 0 Å². The van der Waals surface area contributed by atoms with Crippen molar-refractivity contribution in [3.8, 4) is 0 Å². The van der Waals surface area contributed by atoms with Crippen molar-refractivity contribution in [3.63, 3.8) is 0 Å². The largest absolute Gasteiger partial charge is 0.324 e. The Kier molecular flexibility index (Phi) is 3.43. The fraction of sp³-hybridized carbons (Fsp3) is 0.500. The van der Waals surface area contributed by atoms with Crippen LogP contribution in [0.15, 0.2) is 30.4 Å². The van der Waals surface area contributed by atoms with Crippen molar-refractivity contribution in [2.75, 3.05) is 5.32 Å². The highest BCUT2D eigenvalue weighted by atomic mass is 16.2. The van der Waals surface area contributed by atoms with Gasteiger partial charge >= 0.3 is 0 Å². The van der Waals surface area contributed by atoms with Crippen LogP contribution in [0.5, 0.6) is 0 Å². The number of nitrogens with zero attached hydrogens (tertiary/aromatic N) is 1. The number of anilines is 1. The number of rotatable bonds is 3. The first-order valence-corrected chi connectivity index (χ1v) is 9.82. The maximum Gasteiger partial charge on any atom is 0.247 e. The van der Waals surface area contributed by atoms with Gasteiger partial charge in [0.25, 0.3) is 0 Å². The smallest absolute Gasteiger partial charge is 0.247 e. The summed E-state index contributed by atoms with van der Waals surface area (Å²) in [5.41, 5.74) is 2.81. The quantitative estimate of drug-likeness (QED) is 0.662. The topological polar surface area (TPSA) is 66.5 Å². The third-order valence-electron chi connectivity index (χ3n) is 7.33. The number of allylic oxidation sites excluding steroid dienone is 2. The number of hydrogen-bond acceptors (Lipinski definition) is 3. The highest BCUT2D eigenvalue weighted by Crippen LogP contribution is 2.65. The van der Waals surface area contributed by atoms with Gasteiger partial charge in [-0.2, -0.15) is 0 Å². The molecule has 1 saturated heterocycles. The summed E-state index contributed by atoms with van der Waals surface area (Å²) >= 11 is 0. The van der Waals surface area contributed by atoms with E-state index in [1.54, 1.807) is 6.92 Å². The summed E-state index contributed by atoms with van der Waals surface area (Å²) < 4.78 is 0. The van der Waals surface area contributed by atoms with Crippen LogP contribution in [0.25, 0.3) is 0 Å². The van der Waals surface area contributed by atoms with E-state index in [-0.39, 0.29) is 41.4 Å². The average molecular weight is 364 g/mol. The van der Waals surface area contributed by atoms with E-state index in [0.717, 1.165) is 23.2 Å². The highest BCUT2D eigenvalue weighted by molar-refractivity contribution is 6.10. The van der Waals surface area contributed by atoms with Crippen LogP contribution in [0.4, 0.5) is 5.69 Å². The van der Waals surface area contributed by atoms with Gasteiger partial charge in [-0.1, -0.05) is 24.3 Å². The molecule has 27 heavy (non-hydrogen) atoms. The number of carbonyl (C=O) groups is 3. The number of likely N-dealkylation sites (tertiary alicyclic amines) is 1. The van der Waals surface area contributed by atoms with Gasteiger partial charge in [0.05, 0.1) is 11.8 Å². The van der Waals surface area contributed by atoms with E-state index in [2.05, 4.69) is 17.5 Å². The molecule has 4 aliphatic carbocycles. The standard InChI is InChI=1S/C22H24N2O3/c1-10-5-4-6-17(11(10)2)23-20(25)12(3)24-21(26)18-13-7-8-14(16-9-15(13)16)19(18)22(24)27/h4-8,12-16,18-19H,9H2,1-3H3,(H,23,25)/t12-,13-,14-,15-,16-,18+,19+/m0/s1. The fourth-order valence-corrected chi connectivity index (χ4v) is 5.60. The second-order valence-electron chi connectivity index (χ2n) is 8.61. The summed E-state index contributed by atoms with van der Waals surface area (Å²) in [6.07, 6.45) is 5.43. The molecule has 7 atom stereocenters. The Hall–Kier alpha value is -2.43. The van der Waals surface area contributed by atoms with E-state index in [1.165, 1.54) is 4.90 Å². The van der Waals surface area contributed by atoms with Crippen LogP contribution in [-0.4, -0.2) is 28.7 Å². The molecule has 1 aromatic rings. The molecule has 1 heterocycles. The Balaban J connectivity index is 1.39. The van der Waals surface area contributed by atoms with Gasteiger partial charge in [-0.05, 0) is 68.1 Å². The van der Waals surface area contributed by atoms with E-state index in [9.17, 15) is 14.4 Å². The summed E-state index contributed by atoms with van der Waals surface area (Å²) in [6, 6.07) is 4.92. The summed E-state index contributed by atoms with van der Waals surface area (Å²) in [5.74, 6) is 0.362. The molecule has 0 aromatic heterocycles. The Morgan fingerprint density at radius 3 is 2.26 bits per heavy atom. The summed E-state index contributed by atoms with van der Waals surface area (Å²) in [5, 5.41) is 2.91. The number of carbonyl (C=O) groups excluding carboxylic acids is 3. The maximum atomic E-state index is 13.1. The molecule has 2 saturated carbocycles. The number of benzene rings is 1. The Labute approximate surface area is 158 Å². The van der Waals surface area contributed by atoms with Crippen molar-refractivity contribution in [1.29, 1.82) is 0 Å². The zero-order valence-electron chi connectivity index (χ0n) is 15.8. The van der Waals surface area contributed by atoms with Crippen molar-refractivity contribution < 1.29 is 14.4 Å². The molecule has 3 fully saturated rings. The lowest BCUT2D eigenvalue weighted by molar-refractivity contribution is -0.146. The summed E-state index contributed by atoms with van der Waals surface area (Å²) in [4.78, 5) is 40.3. The van der Waals surface area contributed by atoms with Crippen molar-refractivity contribution in [2.24, 2.45) is 35.5 Å². The zero-order chi connectivity index (χ0) is 19.0. The Morgan fingerprint density at radius 1 is 1.07 bits per heavy atom. The molecule has 0 spiro atoms. The Bertz CT molecular complexity index is 869. The molecule has 1 aliphatic heterocycles. The monoisotopic (exact) mass is 364 g/mol. The molecule has 6 rings (SSSR count). The molecular weight excluding hydrogens is 340 g/mol. The molecular formula is C22H24N2O3. The Morgan fingerprint density at radius 2 is 1.67 bits per heavy atom. The predicted molar refractivity (Wildman–Crippen MR) is 101 cm³/mol. The minimum atomic E-state index is -0.800. The van der Waals surface area contributed by atoms with Gasteiger partial charge in [0.15, 0.2) is 0 Å². The number of amides is 3. The van der Waals surface area contributed by atoms with Gasteiger partial charge in [0.2, 0.25) is 17.7 Å². The molecule has 0 radical (unpaired) electrons. The zero-order valence-corrected chi connectivity index (χ0v) is 15.8. The first-order valence-electron chi connectivity index (χ1n) is 9.82. The van der Waals surface area contributed by atoms with Crippen molar-refractivity contribution in [2.45, 2.75) is 33.2 Å². The molecule has 140 valence electrons. The van der Waals surface area contributed by atoms with E-state index in [4.69, 9.17) is 0 Å². The van der Waals surface area contributed by atoms with Gasteiger partial charge in [-0.15, -0.1) is 0 Å². The molecule has 1 N–H and O–H groups in total. The average Bonchev–Trinajstić information content (AvgIpc) is 3.42. The van der Waals surface area contributed by atoms with Crippen LogP contribution >= 0.6 is 0 Å². The number of hydrogen-bond donors (Lipinski definition) is 1. The van der Waals surface area contributed by atoms with E-state index in [0.29, 0.717) is 11.8 Å². The highest BCUT2D eigenvalue weighted by Gasteiger charge is 2.67. The van der Waals surface area contributed by atoms with Gasteiger partial charge in [0.1, 0.15) is 6.04 Å². The third kappa shape index (κ3) is 2.20. The molecule has 5 heteroatoms. The lowest BCUT2D eigenvalue weighted by atomic mass is 9.63. The van der Waals surface area contributed by atoms with Crippen molar-refractivity contribution in [3.05, 3.63) is 41.5 Å². The summed E-state index contributed by atoms with van der Waals surface area (Å²) in [7, 11) is 0. The van der Waals surface area contributed by atoms with Crippen LogP contribution in [-0.2, 0) is 14.4 Å². The van der Waals surface area contributed by atoms with Crippen molar-refractivity contribution in [1.82, 2.24) is 4.90 Å². The molecule has 3 amide bonds. The normalized spacial score (nSPS) is 36.5.